The highest BCUT2D eigenvalue weighted by molar-refractivity contribution is 9.12. The Labute approximate surface area is 133 Å². The first-order chi connectivity index (χ1) is 9.17. The largest absolute Gasteiger partial charge is 0.307 e. The van der Waals surface area contributed by atoms with E-state index in [1.165, 1.54) is 19.3 Å². The molecule has 0 fully saturated rings. The quantitative estimate of drug-likeness (QED) is 0.500. The monoisotopic (exact) mass is 391 g/mol. The van der Waals surface area contributed by atoms with Crippen LogP contribution in [0.1, 0.15) is 58.8 Å². The van der Waals surface area contributed by atoms with Gasteiger partial charge in [-0.15, -0.1) is 0 Å². The molecule has 108 valence electrons. The molecular weight excluding hydrogens is 370 g/mol. The van der Waals surface area contributed by atoms with E-state index in [1.54, 1.807) is 0 Å². The van der Waals surface area contributed by atoms with Gasteiger partial charge in [-0.2, -0.15) is 0 Å². The van der Waals surface area contributed by atoms with Crippen LogP contribution in [0.5, 0.6) is 0 Å². The van der Waals surface area contributed by atoms with Crippen molar-refractivity contribution in [2.45, 2.75) is 58.8 Å². The highest BCUT2D eigenvalue weighted by Crippen LogP contribution is 2.36. The maximum absolute atomic E-state index is 12.4. The molecule has 0 aromatic rings. The highest BCUT2D eigenvalue weighted by atomic mass is 79.9. The molecule has 0 spiro atoms. The summed E-state index contributed by atoms with van der Waals surface area (Å²) in [5.41, 5.74) is 1.92. The Kier molecular flexibility index (Phi) is 8.00. The fraction of sp³-hybridized carbons (Fsp3) is 0.667. The predicted molar refractivity (Wildman–Crippen MR) is 88.3 cm³/mol. The minimum absolute atomic E-state index is 0.183. The average Bonchev–Trinajstić information content (AvgIpc) is 2.64. The Balaban J connectivity index is 2.69. The predicted octanol–water partition coefficient (Wildman–Crippen LogP) is 5.48. The van der Waals surface area contributed by atoms with Crippen molar-refractivity contribution in [3.8, 4) is 0 Å². The Morgan fingerprint density at radius 2 is 1.79 bits per heavy atom. The molecule has 0 atom stereocenters. The second-order valence-electron chi connectivity index (χ2n) is 4.91. The molecule has 1 amide bonds. The van der Waals surface area contributed by atoms with Crippen molar-refractivity contribution in [2.75, 3.05) is 6.54 Å². The lowest BCUT2D eigenvalue weighted by atomic mass is 10.1. The number of nitrogens with zero attached hydrogens (tertiary/aromatic N) is 1. The first-order valence-corrected chi connectivity index (χ1v) is 8.89. The van der Waals surface area contributed by atoms with Gasteiger partial charge in [0.25, 0.3) is 5.91 Å². The van der Waals surface area contributed by atoms with Crippen LogP contribution in [0, 0.1) is 0 Å². The van der Waals surface area contributed by atoms with E-state index in [-0.39, 0.29) is 5.91 Å². The van der Waals surface area contributed by atoms with Gasteiger partial charge in [-0.25, -0.2) is 0 Å². The van der Waals surface area contributed by atoms with Crippen LogP contribution in [-0.2, 0) is 4.79 Å². The zero-order valence-corrected chi connectivity index (χ0v) is 15.0. The standard InChI is InChI=1S/C15H23Br2NO/c1-3-5-7-8-9-12-14(17)13(11-16)18(15(12)19)10-6-4-2/h11H,3-10H2,1-2H3/b13-11-. The first-order valence-electron chi connectivity index (χ1n) is 7.18. The second kappa shape index (κ2) is 8.96. The van der Waals surface area contributed by atoms with Crippen molar-refractivity contribution in [3.63, 3.8) is 0 Å². The molecule has 0 saturated carbocycles. The third-order valence-corrected chi connectivity index (χ3v) is 4.72. The van der Waals surface area contributed by atoms with Gasteiger partial charge in [0, 0.05) is 17.1 Å². The molecule has 4 heteroatoms. The number of hydrogen-bond acceptors (Lipinski definition) is 1. The number of hydrogen-bond donors (Lipinski definition) is 0. The molecule has 0 aliphatic carbocycles. The van der Waals surface area contributed by atoms with E-state index >= 15 is 0 Å². The molecule has 0 saturated heterocycles. The summed E-state index contributed by atoms with van der Waals surface area (Å²) in [6.07, 6.45) is 7.80. The topological polar surface area (TPSA) is 20.3 Å². The molecule has 0 bridgehead atoms. The molecular formula is C15H23Br2NO. The Morgan fingerprint density at radius 3 is 2.37 bits per heavy atom. The van der Waals surface area contributed by atoms with Gasteiger partial charge in [0.15, 0.2) is 0 Å². The Bertz CT molecular complexity index is 374. The molecule has 1 rings (SSSR count). The molecule has 1 aliphatic rings. The van der Waals surface area contributed by atoms with Crippen LogP contribution in [0.2, 0.25) is 0 Å². The lowest BCUT2D eigenvalue weighted by Gasteiger charge is -2.18. The van der Waals surface area contributed by atoms with E-state index in [0.717, 1.165) is 48.0 Å². The molecule has 0 aromatic heterocycles. The maximum Gasteiger partial charge on any atom is 0.255 e. The number of allylic oxidation sites excluding steroid dienone is 1. The van der Waals surface area contributed by atoms with Gasteiger partial charge in [0.2, 0.25) is 0 Å². The van der Waals surface area contributed by atoms with Crippen LogP contribution in [0.3, 0.4) is 0 Å². The SMILES string of the molecule is CCCCCCC1=C(Br)/C(=C/Br)N(CCCC)C1=O. The van der Waals surface area contributed by atoms with Gasteiger partial charge in [0.1, 0.15) is 0 Å². The Morgan fingerprint density at radius 1 is 1.11 bits per heavy atom. The van der Waals surface area contributed by atoms with Crippen LogP contribution >= 0.6 is 31.9 Å². The molecule has 19 heavy (non-hydrogen) atoms. The number of carbonyl (C=O) groups excluding carboxylic acids is 1. The molecule has 0 radical (unpaired) electrons. The molecule has 0 N–H and O–H groups in total. The van der Waals surface area contributed by atoms with Crippen molar-refractivity contribution in [3.05, 3.63) is 20.7 Å². The first kappa shape index (κ1) is 17.0. The van der Waals surface area contributed by atoms with Gasteiger partial charge in [-0.1, -0.05) is 55.5 Å². The summed E-state index contributed by atoms with van der Waals surface area (Å²) in [4.78, 5) is 16.2. The Hall–Kier alpha value is -0.0900. The summed E-state index contributed by atoms with van der Waals surface area (Å²) >= 11 is 6.97. The number of halogens is 2. The molecule has 2 nitrogen and oxygen atoms in total. The van der Waals surface area contributed by atoms with Gasteiger partial charge in [-0.3, -0.25) is 4.79 Å². The second-order valence-corrected chi connectivity index (χ2v) is 6.16. The van der Waals surface area contributed by atoms with Crippen molar-refractivity contribution < 1.29 is 4.79 Å². The fourth-order valence-corrected chi connectivity index (χ4v) is 3.71. The van der Waals surface area contributed by atoms with Gasteiger partial charge in [-0.05, 0) is 35.2 Å². The molecule has 1 heterocycles. The van der Waals surface area contributed by atoms with E-state index in [1.807, 2.05) is 9.89 Å². The van der Waals surface area contributed by atoms with Gasteiger partial charge < -0.3 is 4.90 Å². The minimum Gasteiger partial charge on any atom is -0.307 e. The van der Waals surface area contributed by atoms with E-state index < -0.39 is 0 Å². The lowest BCUT2D eigenvalue weighted by molar-refractivity contribution is -0.124. The van der Waals surface area contributed by atoms with E-state index in [9.17, 15) is 4.79 Å². The number of amides is 1. The number of carbonyl (C=O) groups is 1. The van der Waals surface area contributed by atoms with Crippen molar-refractivity contribution >= 4 is 37.8 Å². The molecule has 0 aromatic carbocycles. The summed E-state index contributed by atoms with van der Waals surface area (Å²) in [6.45, 7) is 5.15. The van der Waals surface area contributed by atoms with Crippen LogP contribution in [0.15, 0.2) is 20.7 Å². The summed E-state index contributed by atoms with van der Waals surface area (Å²) < 4.78 is 0.974. The average molecular weight is 393 g/mol. The molecule has 1 aliphatic heterocycles. The van der Waals surface area contributed by atoms with Crippen LogP contribution in [0.4, 0.5) is 0 Å². The van der Waals surface area contributed by atoms with Crippen LogP contribution in [-0.4, -0.2) is 17.4 Å². The van der Waals surface area contributed by atoms with E-state index in [0.29, 0.717) is 0 Å². The molecule has 0 unspecified atom stereocenters. The lowest BCUT2D eigenvalue weighted by Crippen LogP contribution is -2.26. The fourth-order valence-electron chi connectivity index (χ4n) is 2.23. The number of rotatable bonds is 8. The van der Waals surface area contributed by atoms with Crippen molar-refractivity contribution in [1.82, 2.24) is 4.90 Å². The zero-order valence-electron chi connectivity index (χ0n) is 11.8. The third kappa shape index (κ3) is 4.45. The maximum atomic E-state index is 12.4. The summed E-state index contributed by atoms with van der Waals surface area (Å²) in [5, 5.41) is 0. The highest BCUT2D eigenvalue weighted by Gasteiger charge is 2.32. The zero-order chi connectivity index (χ0) is 14.3. The van der Waals surface area contributed by atoms with Gasteiger partial charge >= 0.3 is 0 Å². The normalized spacial score (nSPS) is 18.0. The summed E-state index contributed by atoms with van der Waals surface area (Å²) in [6, 6.07) is 0. The third-order valence-electron chi connectivity index (χ3n) is 3.40. The number of unbranched alkanes of at least 4 members (excludes halogenated alkanes) is 4. The van der Waals surface area contributed by atoms with Crippen molar-refractivity contribution in [1.29, 1.82) is 0 Å². The summed E-state index contributed by atoms with van der Waals surface area (Å²) in [5.74, 6) is 0.183. The smallest absolute Gasteiger partial charge is 0.255 e. The minimum atomic E-state index is 0.183. The van der Waals surface area contributed by atoms with Gasteiger partial charge in [0.05, 0.1) is 10.2 Å². The summed E-state index contributed by atoms with van der Waals surface area (Å²) in [7, 11) is 0. The van der Waals surface area contributed by atoms with E-state index in [4.69, 9.17) is 0 Å². The van der Waals surface area contributed by atoms with Crippen molar-refractivity contribution in [2.24, 2.45) is 0 Å². The van der Waals surface area contributed by atoms with E-state index in [2.05, 4.69) is 45.7 Å². The van der Waals surface area contributed by atoms with Crippen LogP contribution < -0.4 is 0 Å². The van der Waals surface area contributed by atoms with Crippen LogP contribution in [0.25, 0.3) is 0 Å².